The van der Waals surface area contributed by atoms with Gasteiger partial charge in [-0.05, 0) is 0 Å². The van der Waals surface area contributed by atoms with Crippen LogP contribution in [0, 0.1) is 0 Å². The highest BCUT2D eigenvalue weighted by Gasteiger charge is 2.21. The minimum atomic E-state index is -0.838. The first-order chi connectivity index (χ1) is 7.68. The topological polar surface area (TPSA) is 45.8 Å². The lowest BCUT2D eigenvalue weighted by molar-refractivity contribution is 0.0985. The third kappa shape index (κ3) is 2.26. The summed E-state index contributed by atoms with van der Waals surface area (Å²) in [6, 6.07) is 8.83. The summed E-state index contributed by atoms with van der Waals surface area (Å²) >= 11 is 11.7. The molecule has 1 heterocycles. The van der Waals surface area contributed by atoms with Crippen LogP contribution in [0.5, 0.6) is 0 Å². The molecule has 5 heteroatoms. The van der Waals surface area contributed by atoms with Gasteiger partial charge in [0.05, 0.1) is 6.20 Å². The lowest BCUT2D eigenvalue weighted by Gasteiger charge is -2.05. The van der Waals surface area contributed by atoms with Crippen molar-refractivity contribution in [2.45, 2.75) is 5.38 Å². The molecule has 1 aromatic carbocycles. The van der Waals surface area contributed by atoms with Crippen molar-refractivity contribution in [3.8, 4) is 0 Å². The first kappa shape index (κ1) is 11.2. The molecule has 16 heavy (non-hydrogen) atoms. The van der Waals surface area contributed by atoms with E-state index in [2.05, 4.69) is 9.97 Å². The van der Waals surface area contributed by atoms with Gasteiger partial charge in [-0.25, -0.2) is 4.98 Å². The van der Waals surface area contributed by atoms with Gasteiger partial charge < -0.3 is 4.98 Å². The van der Waals surface area contributed by atoms with E-state index in [4.69, 9.17) is 23.2 Å². The number of nitrogens with zero attached hydrogens (tertiary/aromatic N) is 1. The summed E-state index contributed by atoms with van der Waals surface area (Å²) in [7, 11) is 0. The van der Waals surface area contributed by atoms with Gasteiger partial charge in [-0.2, -0.15) is 0 Å². The Morgan fingerprint density at radius 2 is 2.00 bits per heavy atom. The number of aromatic amines is 1. The number of hydrogen-bond acceptors (Lipinski definition) is 2. The Labute approximate surface area is 102 Å². The molecule has 3 nitrogen and oxygen atoms in total. The Morgan fingerprint density at radius 3 is 2.56 bits per heavy atom. The molecule has 0 spiro atoms. The van der Waals surface area contributed by atoms with Gasteiger partial charge in [0, 0.05) is 5.56 Å². The van der Waals surface area contributed by atoms with Gasteiger partial charge in [0.1, 0.15) is 11.0 Å². The maximum atomic E-state index is 11.9. The third-order valence-electron chi connectivity index (χ3n) is 2.09. The number of hydrogen-bond donors (Lipinski definition) is 1. The SMILES string of the molecule is O=C(c1ccccc1)C(Cl)c1ncc(Cl)[nH]1. The minimum absolute atomic E-state index is 0.201. The highest BCUT2D eigenvalue weighted by Crippen LogP contribution is 2.23. The number of aromatic nitrogens is 2. The van der Waals surface area contributed by atoms with Crippen molar-refractivity contribution in [3.63, 3.8) is 0 Å². The molecule has 0 radical (unpaired) electrons. The zero-order chi connectivity index (χ0) is 11.5. The van der Waals surface area contributed by atoms with E-state index in [-0.39, 0.29) is 5.78 Å². The Bertz CT molecular complexity index is 496. The third-order valence-corrected chi connectivity index (χ3v) is 2.69. The van der Waals surface area contributed by atoms with Crippen molar-refractivity contribution in [1.82, 2.24) is 9.97 Å². The van der Waals surface area contributed by atoms with E-state index in [1.165, 1.54) is 6.20 Å². The van der Waals surface area contributed by atoms with Crippen molar-refractivity contribution in [2.24, 2.45) is 0 Å². The number of carbonyl (C=O) groups excluding carboxylic acids is 1. The number of ketones is 1. The largest absolute Gasteiger partial charge is 0.331 e. The molecule has 1 aromatic heterocycles. The lowest BCUT2D eigenvalue weighted by Crippen LogP contribution is -2.08. The summed E-state index contributed by atoms with van der Waals surface area (Å²) in [4.78, 5) is 18.6. The zero-order valence-electron chi connectivity index (χ0n) is 8.15. The Morgan fingerprint density at radius 1 is 1.31 bits per heavy atom. The maximum absolute atomic E-state index is 11.9. The highest BCUT2D eigenvalue weighted by molar-refractivity contribution is 6.34. The molecule has 0 saturated heterocycles. The van der Waals surface area contributed by atoms with Crippen LogP contribution in [-0.4, -0.2) is 15.8 Å². The van der Waals surface area contributed by atoms with Crippen LogP contribution in [0.25, 0.3) is 0 Å². The van der Waals surface area contributed by atoms with Crippen LogP contribution < -0.4 is 0 Å². The van der Waals surface area contributed by atoms with Crippen molar-refractivity contribution < 1.29 is 4.79 Å². The molecule has 0 aliphatic carbocycles. The fourth-order valence-electron chi connectivity index (χ4n) is 1.31. The molecule has 1 atom stereocenters. The molecule has 1 N–H and O–H groups in total. The predicted molar refractivity (Wildman–Crippen MR) is 63.0 cm³/mol. The van der Waals surface area contributed by atoms with E-state index in [0.717, 1.165) is 0 Å². The predicted octanol–water partition coefficient (Wildman–Crippen LogP) is 3.23. The molecule has 2 aromatic rings. The second kappa shape index (κ2) is 4.68. The number of benzene rings is 1. The number of alkyl halides is 1. The van der Waals surface area contributed by atoms with Crippen molar-refractivity contribution >= 4 is 29.0 Å². The number of rotatable bonds is 3. The fourth-order valence-corrected chi connectivity index (χ4v) is 1.70. The molecule has 0 fully saturated rings. The molecular weight excluding hydrogens is 247 g/mol. The summed E-state index contributed by atoms with van der Waals surface area (Å²) in [5.74, 6) is 0.161. The van der Waals surface area contributed by atoms with Crippen LogP contribution in [0.4, 0.5) is 0 Å². The first-order valence-corrected chi connectivity index (χ1v) is 5.43. The summed E-state index contributed by atoms with van der Waals surface area (Å²) in [6.07, 6.45) is 1.42. The van der Waals surface area contributed by atoms with E-state index in [1.54, 1.807) is 24.3 Å². The van der Waals surface area contributed by atoms with Gasteiger partial charge in [0.25, 0.3) is 0 Å². The van der Waals surface area contributed by atoms with Crippen molar-refractivity contribution in [2.75, 3.05) is 0 Å². The molecule has 0 saturated carbocycles. The Balaban J connectivity index is 2.23. The van der Waals surface area contributed by atoms with Crippen LogP contribution in [-0.2, 0) is 0 Å². The summed E-state index contributed by atoms with van der Waals surface area (Å²) in [6.45, 7) is 0. The van der Waals surface area contributed by atoms with Crippen LogP contribution in [0.1, 0.15) is 21.6 Å². The second-order valence-corrected chi connectivity index (χ2v) is 4.05. The van der Waals surface area contributed by atoms with Gasteiger partial charge in [0.2, 0.25) is 0 Å². The lowest BCUT2D eigenvalue weighted by atomic mass is 10.1. The number of imidazole rings is 1. The summed E-state index contributed by atoms with van der Waals surface area (Å²) in [5.41, 5.74) is 0.551. The monoisotopic (exact) mass is 254 g/mol. The van der Waals surface area contributed by atoms with Gasteiger partial charge in [-0.3, -0.25) is 4.79 Å². The average Bonchev–Trinajstić information content (AvgIpc) is 2.75. The van der Waals surface area contributed by atoms with Gasteiger partial charge in [-0.15, -0.1) is 11.6 Å². The number of halogens is 2. The minimum Gasteiger partial charge on any atom is -0.331 e. The van der Waals surface area contributed by atoms with E-state index >= 15 is 0 Å². The molecule has 82 valence electrons. The van der Waals surface area contributed by atoms with Crippen molar-refractivity contribution in [3.05, 3.63) is 53.1 Å². The molecule has 2 rings (SSSR count). The van der Waals surface area contributed by atoms with Crippen LogP contribution in [0.3, 0.4) is 0 Å². The van der Waals surface area contributed by atoms with E-state index in [9.17, 15) is 4.79 Å². The maximum Gasteiger partial charge on any atom is 0.188 e. The Kier molecular flexibility index (Phi) is 3.27. The number of H-pyrrole nitrogens is 1. The van der Waals surface area contributed by atoms with Crippen molar-refractivity contribution in [1.29, 1.82) is 0 Å². The quantitative estimate of drug-likeness (QED) is 0.676. The van der Waals surface area contributed by atoms with E-state index in [0.29, 0.717) is 16.5 Å². The van der Waals surface area contributed by atoms with E-state index < -0.39 is 5.38 Å². The second-order valence-electron chi connectivity index (χ2n) is 3.21. The molecule has 0 bridgehead atoms. The van der Waals surface area contributed by atoms with Crippen LogP contribution >= 0.6 is 23.2 Å². The fraction of sp³-hybridized carbons (Fsp3) is 0.0909. The van der Waals surface area contributed by atoms with Crippen LogP contribution in [0.2, 0.25) is 5.15 Å². The van der Waals surface area contributed by atoms with Gasteiger partial charge >= 0.3 is 0 Å². The number of carbonyl (C=O) groups is 1. The van der Waals surface area contributed by atoms with Crippen LogP contribution in [0.15, 0.2) is 36.5 Å². The first-order valence-electron chi connectivity index (χ1n) is 4.62. The number of nitrogens with one attached hydrogen (secondary N) is 1. The summed E-state index contributed by atoms with van der Waals surface area (Å²) < 4.78 is 0. The summed E-state index contributed by atoms with van der Waals surface area (Å²) in [5, 5.41) is -0.476. The Hall–Kier alpha value is -1.32. The van der Waals surface area contributed by atoms with Gasteiger partial charge in [-0.1, -0.05) is 41.9 Å². The number of Topliss-reactive ketones (excluding diaryl/α,β-unsaturated/α-hetero) is 1. The normalized spacial score (nSPS) is 12.4. The molecule has 0 amide bonds. The molecule has 0 aliphatic rings. The van der Waals surface area contributed by atoms with E-state index in [1.807, 2.05) is 6.07 Å². The van der Waals surface area contributed by atoms with Gasteiger partial charge in [0.15, 0.2) is 11.2 Å². The standard InChI is InChI=1S/C11H8Cl2N2O/c12-8-6-14-11(15-8)9(13)10(16)7-4-2-1-3-5-7/h1-6,9H,(H,14,15). The average molecular weight is 255 g/mol. The smallest absolute Gasteiger partial charge is 0.188 e. The molecule has 1 unspecified atom stereocenters. The molecular formula is C11H8Cl2N2O. The molecule has 0 aliphatic heterocycles. The zero-order valence-corrected chi connectivity index (χ0v) is 9.66. The highest BCUT2D eigenvalue weighted by atomic mass is 35.5.